The molecule has 1 amide bonds. The highest BCUT2D eigenvalue weighted by molar-refractivity contribution is 5.76. The first-order valence-electron chi connectivity index (χ1n) is 28.2. The molecule has 0 radical (unpaired) electrons. The van der Waals surface area contributed by atoms with E-state index in [4.69, 9.17) is 9.47 Å². The third-order valence-electron chi connectivity index (χ3n) is 13.5. The number of hydrogen-bond acceptors (Lipinski definition) is 8. The van der Waals surface area contributed by atoms with Gasteiger partial charge in [0, 0.05) is 6.42 Å². The van der Waals surface area contributed by atoms with Gasteiger partial charge >= 0.3 is 0 Å². The number of ether oxygens (including phenoxy) is 2. The van der Waals surface area contributed by atoms with Crippen molar-refractivity contribution in [3.05, 3.63) is 36.5 Å². The van der Waals surface area contributed by atoms with Gasteiger partial charge in [0.15, 0.2) is 6.29 Å². The Morgan fingerprint density at radius 1 is 0.515 bits per heavy atom. The standard InChI is InChI=1S/C57H107NO8/c1-3-5-7-9-11-13-15-17-18-19-20-21-22-23-24-25-26-27-28-29-30-31-32-33-34-35-37-39-41-43-45-47-53(61)58-50(49-65-57-56(64)55(63)54(62)52(48-59)66-57)51(60)46-44-42-40-38-36-16-14-12-10-8-6-4-2/h20-21,23-24,44,46,50-52,54-57,59-60,62-64H,3-19,22,25-43,45,47-49H2,1-2H3,(H,58,61)/b21-20-,24-23-,46-44+. The summed E-state index contributed by atoms with van der Waals surface area (Å²) >= 11 is 0. The van der Waals surface area contributed by atoms with E-state index in [1.54, 1.807) is 6.08 Å². The Hall–Kier alpha value is -1.59. The third-order valence-corrected chi connectivity index (χ3v) is 13.5. The van der Waals surface area contributed by atoms with E-state index < -0.39 is 49.5 Å². The van der Waals surface area contributed by atoms with Crippen LogP contribution >= 0.6 is 0 Å². The highest BCUT2D eigenvalue weighted by atomic mass is 16.7. The molecular weight excluding hydrogens is 827 g/mol. The van der Waals surface area contributed by atoms with E-state index in [-0.39, 0.29) is 12.5 Å². The minimum Gasteiger partial charge on any atom is -0.394 e. The number of allylic oxidation sites excluding steroid dienone is 5. The smallest absolute Gasteiger partial charge is 0.220 e. The minimum atomic E-state index is -1.56. The Morgan fingerprint density at radius 2 is 0.894 bits per heavy atom. The molecule has 7 atom stereocenters. The van der Waals surface area contributed by atoms with E-state index in [2.05, 4.69) is 43.5 Å². The van der Waals surface area contributed by atoms with Gasteiger partial charge in [0.2, 0.25) is 5.91 Å². The fourth-order valence-electron chi connectivity index (χ4n) is 8.95. The molecule has 0 spiro atoms. The van der Waals surface area contributed by atoms with Crippen LogP contribution in [0.1, 0.15) is 264 Å². The number of amides is 1. The number of unbranched alkanes of at least 4 members (excludes halogenated alkanes) is 34. The monoisotopic (exact) mass is 934 g/mol. The molecule has 7 unspecified atom stereocenters. The van der Waals surface area contributed by atoms with Crippen LogP contribution in [0.5, 0.6) is 0 Å². The average Bonchev–Trinajstić information content (AvgIpc) is 3.32. The number of aliphatic hydroxyl groups is 5. The highest BCUT2D eigenvalue weighted by Gasteiger charge is 2.44. The van der Waals surface area contributed by atoms with Gasteiger partial charge in [-0.15, -0.1) is 0 Å². The average molecular weight is 934 g/mol. The van der Waals surface area contributed by atoms with Gasteiger partial charge in [0.1, 0.15) is 24.4 Å². The first-order chi connectivity index (χ1) is 32.3. The number of hydrogen-bond donors (Lipinski definition) is 6. The molecule has 1 saturated heterocycles. The lowest BCUT2D eigenvalue weighted by atomic mass is 9.99. The maximum atomic E-state index is 13.0. The van der Waals surface area contributed by atoms with E-state index >= 15 is 0 Å². The minimum absolute atomic E-state index is 0.176. The van der Waals surface area contributed by atoms with Gasteiger partial charge in [-0.25, -0.2) is 0 Å². The Kier molecular flexibility index (Phi) is 44.6. The summed E-state index contributed by atoms with van der Waals surface area (Å²) < 4.78 is 11.2. The van der Waals surface area contributed by atoms with E-state index in [0.717, 1.165) is 44.9 Å². The molecule has 1 aliphatic heterocycles. The molecule has 0 aromatic carbocycles. The van der Waals surface area contributed by atoms with Crippen molar-refractivity contribution in [1.82, 2.24) is 5.32 Å². The summed E-state index contributed by atoms with van der Waals surface area (Å²) in [7, 11) is 0. The second-order valence-electron chi connectivity index (χ2n) is 19.7. The second-order valence-corrected chi connectivity index (χ2v) is 19.7. The molecule has 0 aliphatic carbocycles. The van der Waals surface area contributed by atoms with Crippen LogP contribution in [-0.4, -0.2) is 87.5 Å². The zero-order valence-electron chi connectivity index (χ0n) is 43.0. The number of carbonyl (C=O) groups excluding carboxylic acids is 1. The second kappa shape index (κ2) is 47.1. The molecule has 0 saturated carbocycles. The zero-order valence-corrected chi connectivity index (χ0v) is 43.0. The van der Waals surface area contributed by atoms with Crippen LogP contribution in [0.4, 0.5) is 0 Å². The molecule has 0 aromatic rings. The van der Waals surface area contributed by atoms with Crippen LogP contribution in [0.2, 0.25) is 0 Å². The van der Waals surface area contributed by atoms with E-state index in [1.807, 2.05) is 6.08 Å². The third kappa shape index (κ3) is 36.4. The summed E-state index contributed by atoms with van der Waals surface area (Å²) in [5, 5.41) is 54.3. The van der Waals surface area contributed by atoms with Crippen molar-refractivity contribution < 1.29 is 39.8 Å². The summed E-state index contributed by atoms with van der Waals surface area (Å²) in [6, 6.07) is -0.803. The molecule has 9 heteroatoms. The molecule has 6 N–H and O–H groups in total. The van der Waals surface area contributed by atoms with E-state index in [1.165, 1.54) is 199 Å². The van der Waals surface area contributed by atoms with Gasteiger partial charge in [-0.1, -0.05) is 243 Å². The van der Waals surface area contributed by atoms with Gasteiger partial charge in [-0.05, 0) is 51.4 Å². The summed E-state index contributed by atoms with van der Waals surface area (Å²) in [6.07, 6.45) is 53.6. The van der Waals surface area contributed by atoms with E-state index in [0.29, 0.717) is 6.42 Å². The molecule has 0 bridgehead atoms. The molecule has 1 aliphatic rings. The summed E-state index contributed by atoms with van der Waals surface area (Å²) in [4.78, 5) is 13.0. The SMILES string of the molecule is CCCCCCCCCCC/C=C\C/C=C\CCCCCCCCCCCCCCCCCC(=O)NC(COC1OC(CO)C(O)C(O)C1O)C(O)/C=C/CCCCCCCCCCCC. The first kappa shape index (κ1) is 62.4. The predicted octanol–water partition coefficient (Wildman–Crippen LogP) is 13.6. The van der Waals surface area contributed by atoms with Crippen molar-refractivity contribution in [3.63, 3.8) is 0 Å². The normalized spacial score (nSPS) is 20.0. The number of carbonyl (C=O) groups is 1. The molecule has 1 fully saturated rings. The number of aliphatic hydroxyl groups excluding tert-OH is 5. The van der Waals surface area contributed by atoms with Crippen molar-refractivity contribution in [2.75, 3.05) is 13.2 Å². The maximum absolute atomic E-state index is 13.0. The van der Waals surface area contributed by atoms with Gasteiger partial charge in [0.05, 0.1) is 25.4 Å². The van der Waals surface area contributed by atoms with Crippen LogP contribution in [0.25, 0.3) is 0 Å². The summed E-state index contributed by atoms with van der Waals surface area (Å²) in [5.41, 5.74) is 0. The Balaban J connectivity index is 2.13. The van der Waals surface area contributed by atoms with Crippen molar-refractivity contribution in [1.29, 1.82) is 0 Å². The maximum Gasteiger partial charge on any atom is 0.220 e. The zero-order chi connectivity index (χ0) is 48.0. The summed E-state index contributed by atoms with van der Waals surface area (Å²) in [5.74, 6) is -0.176. The Morgan fingerprint density at radius 3 is 1.30 bits per heavy atom. The number of nitrogens with one attached hydrogen (secondary N) is 1. The van der Waals surface area contributed by atoms with Crippen LogP contribution < -0.4 is 5.32 Å². The highest BCUT2D eigenvalue weighted by Crippen LogP contribution is 2.23. The van der Waals surface area contributed by atoms with Crippen LogP contribution in [0, 0.1) is 0 Å². The molecule has 66 heavy (non-hydrogen) atoms. The fraction of sp³-hybridized carbons (Fsp3) is 0.877. The van der Waals surface area contributed by atoms with Crippen molar-refractivity contribution >= 4 is 5.91 Å². The number of rotatable bonds is 48. The molecule has 9 nitrogen and oxygen atoms in total. The quantitative estimate of drug-likeness (QED) is 0.0261. The van der Waals surface area contributed by atoms with Gasteiger partial charge in [-0.2, -0.15) is 0 Å². The van der Waals surface area contributed by atoms with Crippen LogP contribution in [0.3, 0.4) is 0 Å². The topological polar surface area (TPSA) is 149 Å². The van der Waals surface area contributed by atoms with E-state index in [9.17, 15) is 30.3 Å². The first-order valence-corrected chi connectivity index (χ1v) is 28.2. The van der Waals surface area contributed by atoms with Gasteiger partial charge < -0.3 is 40.3 Å². The predicted molar refractivity (Wildman–Crippen MR) is 276 cm³/mol. The van der Waals surface area contributed by atoms with Crippen molar-refractivity contribution in [2.45, 2.75) is 307 Å². The lowest BCUT2D eigenvalue weighted by molar-refractivity contribution is -0.302. The molecule has 1 rings (SSSR count). The lowest BCUT2D eigenvalue weighted by Crippen LogP contribution is -2.60. The van der Waals surface area contributed by atoms with Gasteiger partial charge in [0.25, 0.3) is 0 Å². The fourth-order valence-corrected chi connectivity index (χ4v) is 8.95. The van der Waals surface area contributed by atoms with Crippen LogP contribution in [0.15, 0.2) is 36.5 Å². The largest absolute Gasteiger partial charge is 0.394 e. The van der Waals surface area contributed by atoms with Crippen molar-refractivity contribution in [2.24, 2.45) is 0 Å². The Bertz CT molecular complexity index is 1130. The Labute approximate surface area is 406 Å². The molecule has 0 aromatic heterocycles. The molecule has 388 valence electrons. The summed E-state index contributed by atoms with van der Waals surface area (Å²) in [6.45, 7) is 3.78. The van der Waals surface area contributed by atoms with Gasteiger partial charge in [-0.3, -0.25) is 4.79 Å². The van der Waals surface area contributed by atoms with Crippen LogP contribution in [-0.2, 0) is 14.3 Å². The van der Waals surface area contributed by atoms with Crippen molar-refractivity contribution in [3.8, 4) is 0 Å². The molecular formula is C57H107NO8. The molecule has 1 heterocycles. The lowest BCUT2D eigenvalue weighted by Gasteiger charge is -2.40.